The third-order valence-electron chi connectivity index (χ3n) is 3.98. The third kappa shape index (κ3) is 2.67. The molecule has 0 aliphatic carbocycles. The lowest BCUT2D eigenvalue weighted by atomic mass is 9.99. The van der Waals surface area contributed by atoms with Crippen LogP contribution in [0.3, 0.4) is 0 Å². The number of rotatable bonds is 3. The Morgan fingerprint density at radius 3 is 2.70 bits per heavy atom. The molecule has 0 bridgehead atoms. The quantitative estimate of drug-likeness (QED) is 0.805. The molecule has 2 aromatic rings. The van der Waals surface area contributed by atoms with Crippen LogP contribution >= 0.6 is 0 Å². The van der Waals surface area contributed by atoms with Gasteiger partial charge in [0.2, 0.25) is 11.4 Å². The minimum absolute atomic E-state index is 0.511. The molecule has 0 unspecified atom stereocenters. The van der Waals surface area contributed by atoms with Crippen LogP contribution in [0.4, 0.5) is 0 Å². The monoisotopic (exact) mass is 273 g/mol. The van der Waals surface area contributed by atoms with Gasteiger partial charge in [-0.1, -0.05) is 37.3 Å². The molecule has 20 heavy (non-hydrogen) atoms. The smallest absolute Gasteiger partial charge is 0.240 e. The van der Waals surface area contributed by atoms with Crippen LogP contribution < -0.4 is 4.90 Å². The van der Waals surface area contributed by atoms with E-state index in [1.165, 1.54) is 12.8 Å². The summed E-state index contributed by atoms with van der Waals surface area (Å²) in [4.78, 5) is 2.85. The van der Waals surface area contributed by atoms with Crippen molar-refractivity contribution in [2.24, 2.45) is 5.92 Å². The first-order valence-electron chi connectivity index (χ1n) is 7.10. The fourth-order valence-corrected chi connectivity index (χ4v) is 2.68. The van der Waals surface area contributed by atoms with E-state index in [0.717, 1.165) is 30.3 Å². The molecule has 106 valence electrons. The highest BCUT2D eigenvalue weighted by molar-refractivity contribution is 5.58. The van der Waals surface area contributed by atoms with E-state index in [0.29, 0.717) is 17.1 Å². The zero-order chi connectivity index (χ0) is 13.9. The molecule has 0 spiro atoms. The molecule has 5 nitrogen and oxygen atoms in total. The lowest BCUT2D eigenvalue weighted by Crippen LogP contribution is -2.33. The van der Waals surface area contributed by atoms with Crippen LogP contribution in [0.1, 0.15) is 25.5 Å². The maximum atomic E-state index is 11.8. The maximum absolute atomic E-state index is 11.8. The third-order valence-corrected chi connectivity index (χ3v) is 3.98. The number of hydrogen-bond donors (Lipinski definition) is 0. The summed E-state index contributed by atoms with van der Waals surface area (Å²) in [6.07, 6.45) is 2.41. The molecule has 0 N–H and O–H groups in total. The Bertz CT molecular complexity index is 560. The van der Waals surface area contributed by atoms with Crippen LogP contribution in [0, 0.1) is 11.1 Å². The van der Waals surface area contributed by atoms with Crippen LogP contribution in [0.2, 0.25) is 0 Å². The Morgan fingerprint density at radius 2 is 2.00 bits per heavy atom. The first kappa shape index (κ1) is 13.1. The second-order valence-electron chi connectivity index (χ2n) is 5.55. The SMILES string of the molecule is CC1CCN(Cc2no[n+]([O-])c2-c2ccccc2)CC1. The zero-order valence-electron chi connectivity index (χ0n) is 11.7. The molecule has 1 aliphatic heterocycles. The van der Waals surface area contributed by atoms with E-state index in [4.69, 9.17) is 4.63 Å². The van der Waals surface area contributed by atoms with Crippen LogP contribution in [-0.2, 0) is 6.54 Å². The van der Waals surface area contributed by atoms with Crippen LogP contribution in [0.15, 0.2) is 35.0 Å². The Kier molecular flexibility index (Phi) is 3.69. The molecule has 1 aromatic heterocycles. The highest BCUT2D eigenvalue weighted by Crippen LogP contribution is 2.22. The first-order chi connectivity index (χ1) is 9.74. The molecular formula is C15H19N3O2. The summed E-state index contributed by atoms with van der Waals surface area (Å²) in [7, 11) is 0. The van der Waals surface area contributed by atoms with Gasteiger partial charge < -0.3 is 5.21 Å². The summed E-state index contributed by atoms with van der Waals surface area (Å²) < 4.78 is 4.80. The average molecular weight is 273 g/mol. The van der Waals surface area contributed by atoms with Gasteiger partial charge in [0.25, 0.3) is 0 Å². The summed E-state index contributed by atoms with van der Waals surface area (Å²) in [5.74, 6) is 0.793. The van der Waals surface area contributed by atoms with Crippen molar-refractivity contribution in [1.82, 2.24) is 10.1 Å². The topological polar surface area (TPSA) is 56.2 Å². The lowest BCUT2D eigenvalue weighted by Gasteiger charge is -2.28. The molecular weight excluding hydrogens is 254 g/mol. The fourth-order valence-electron chi connectivity index (χ4n) is 2.68. The van der Waals surface area contributed by atoms with E-state index in [-0.39, 0.29) is 0 Å². The molecule has 0 amide bonds. The van der Waals surface area contributed by atoms with E-state index in [9.17, 15) is 5.21 Å². The molecule has 0 radical (unpaired) electrons. The minimum atomic E-state index is 0.511. The number of nitrogens with zero attached hydrogens (tertiary/aromatic N) is 3. The van der Waals surface area contributed by atoms with Crippen molar-refractivity contribution in [1.29, 1.82) is 0 Å². The summed E-state index contributed by atoms with van der Waals surface area (Å²) in [5, 5.41) is 15.7. The largest absolute Gasteiger partial charge is 0.359 e. The van der Waals surface area contributed by atoms with Gasteiger partial charge in [-0.15, -0.1) is 0 Å². The van der Waals surface area contributed by atoms with Crippen molar-refractivity contribution in [3.8, 4) is 11.3 Å². The molecule has 2 heterocycles. The summed E-state index contributed by atoms with van der Waals surface area (Å²) >= 11 is 0. The normalized spacial score (nSPS) is 17.4. The lowest BCUT2D eigenvalue weighted by molar-refractivity contribution is -0.793. The van der Waals surface area contributed by atoms with E-state index < -0.39 is 0 Å². The Morgan fingerprint density at radius 1 is 1.30 bits per heavy atom. The molecule has 3 rings (SSSR count). The van der Waals surface area contributed by atoms with Crippen molar-refractivity contribution in [2.75, 3.05) is 13.1 Å². The number of likely N-dealkylation sites (tertiary alicyclic amines) is 1. The molecule has 1 aliphatic rings. The highest BCUT2D eigenvalue weighted by atomic mass is 16.8. The van der Waals surface area contributed by atoms with Gasteiger partial charge in [0, 0.05) is 10.7 Å². The first-order valence-corrected chi connectivity index (χ1v) is 7.10. The predicted molar refractivity (Wildman–Crippen MR) is 74.6 cm³/mol. The maximum Gasteiger partial charge on any atom is 0.240 e. The van der Waals surface area contributed by atoms with Gasteiger partial charge in [0.1, 0.15) is 0 Å². The van der Waals surface area contributed by atoms with Gasteiger partial charge >= 0.3 is 0 Å². The van der Waals surface area contributed by atoms with Crippen molar-refractivity contribution in [2.45, 2.75) is 26.3 Å². The van der Waals surface area contributed by atoms with Crippen LogP contribution in [-0.4, -0.2) is 23.1 Å². The number of piperidine rings is 1. The van der Waals surface area contributed by atoms with Gasteiger partial charge in [-0.05, 0) is 36.8 Å². The summed E-state index contributed by atoms with van der Waals surface area (Å²) in [5.41, 5.74) is 2.11. The molecule has 0 atom stereocenters. The zero-order valence-corrected chi connectivity index (χ0v) is 11.7. The second-order valence-corrected chi connectivity index (χ2v) is 5.55. The van der Waals surface area contributed by atoms with Gasteiger partial charge in [-0.2, -0.15) is 0 Å². The van der Waals surface area contributed by atoms with Crippen molar-refractivity contribution >= 4 is 0 Å². The Hall–Kier alpha value is -1.88. The van der Waals surface area contributed by atoms with E-state index in [1.54, 1.807) is 0 Å². The number of benzene rings is 1. The highest BCUT2D eigenvalue weighted by Gasteiger charge is 2.25. The standard InChI is InChI=1S/C15H19N3O2/c1-12-7-9-17(10-8-12)11-14-15(18(19)20-16-14)13-5-3-2-4-6-13/h2-6,12H,7-11H2,1H3. The van der Waals surface area contributed by atoms with Crippen molar-refractivity contribution in [3.05, 3.63) is 41.2 Å². The van der Waals surface area contributed by atoms with E-state index in [1.807, 2.05) is 30.3 Å². The molecule has 1 aromatic carbocycles. The van der Waals surface area contributed by atoms with Crippen molar-refractivity contribution < 1.29 is 9.53 Å². The van der Waals surface area contributed by atoms with E-state index >= 15 is 0 Å². The van der Waals surface area contributed by atoms with Gasteiger partial charge in [-0.3, -0.25) is 9.53 Å². The number of hydrogen-bond acceptors (Lipinski definition) is 4. The van der Waals surface area contributed by atoms with Crippen LogP contribution in [0.25, 0.3) is 11.3 Å². The molecule has 0 saturated carbocycles. The van der Waals surface area contributed by atoms with Gasteiger partial charge in [0.05, 0.1) is 6.54 Å². The summed E-state index contributed by atoms with van der Waals surface area (Å²) in [6.45, 7) is 5.08. The number of aromatic nitrogens is 2. The second kappa shape index (κ2) is 5.63. The predicted octanol–water partition coefficient (Wildman–Crippen LogP) is 2.21. The Balaban J connectivity index is 1.81. The van der Waals surface area contributed by atoms with E-state index in [2.05, 4.69) is 17.0 Å². The molecule has 5 heteroatoms. The Labute approximate surface area is 118 Å². The average Bonchev–Trinajstić information content (AvgIpc) is 2.83. The van der Waals surface area contributed by atoms with Gasteiger partial charge in [0.15, 0.2) is 0 Å². The van der Waals surface area contributed by atoms with Crippen LogP contribution in [0.5, 0.6) is 0 Å². The minimum Gasteiger partial charge on any atom is -0.359 e. The molecule has 1 fully saturated rings. The fraction of sp³-hybridized carbons (Fsp3) is 0.467. The van der Waals surface area contributed by atoms with Crippen molar-refractivity contribution in [3.63, 3.8) is 0 Å². The van der Waals surface area contributed by atoms with Gasteiger partial charge in [-0.25, -0.2) is 0 Å². The molecule has 1 saturated heterocycles. The summed E-state index contributed by atoms with van der Waals surface area (Å²) in [6, 6.07) is 9.56.